The van der Waals surface area contributed by atoms with Crippen molar-refractivity contribution in [3.05, 3.63) is 29.6 Å². The zero-order chi connectivity index (χ0) is 14.6. The maximum absolute atomic E-state index is 12.2. The van der Waals surface area contributed by atoms with E-state index >= 15 is 0 Å². The van der Waals surface area contributed by atoms with Gasteiger partial charge in [0, 0.05) is 12.2 Å². The van der Waals surface area contributed by atoms with E-state index in [1.807, 2.05) is 30.0 Å². The maximum atomic E-state index is 12.2. The van der Waals surface area contributed by atoms with E-state index in [4.69, 9.17) is 4.74 Å². The van der Waals surface area contributed by atoms with Gasteiger partial charge in [-0.05, 0) is 32.4 Å². The fourth-order valence-electron chi connectivity index (χ4n) is 2.29. The average Bonchev–Trinajstić information content (AvgIpc) is 2.45. The van der Waals surface area contributed by atoms with E-state index in [9.17, 15) is 4.79 Å². The van der Waals surface area contributed by atoms with Gasteiger partial charge in [-0.2, -0.15) is 0 Å². The van der Waals surface area contributed by atoms with Crippen molar-refractivity contribution in [1.82, 2.24) is 15.2 Å². The molecule has 2 amide bonds. The molecule has 2 heterocycles. The number of hydrogen-bond acceptors (Lipinski definition) is 3. The van der Waals surface area contributed by atoms with Gasteiger partial charge in [0.2, 0.25) is 0 Å². The zero-order valence-corrected chi connectivity index (χ0v) is 12.5. The summed E-state index contributed by atoms with van der Waals surface area (Å²) in [5.74, 6) is 0. The van der Waals surface area contributed by atoms with Crippen LogP contribution in [0.2, 0.25) is 0 Å². The van der Waals surface area contributed by atoms with Crippen molar-refractivity contribution < 1.29 is 9.53 Å². The largest absolute Gasteiger partial charge is 0.372 e. The molecule has 0 bridgehead atoms. The molecular formula is C15H23N3O2. The Bertz CT molecular complexity index is 478. The van der Waals surface area contributed by atoms with E-state index in [1.165, 1.54) is 0 Å². The normalized spacial score (nSPS) is 22.6. The molecule has 1 aromatic rings. The topological polar surface area (TPSA) is 54.5 Å². The number of rotatable bonds is 3. The summed E-state index contributed by atoms with van der Waals surface area (Å²) in [6.45, 7) is 8.41. The summed E-state index contributed by atoms with van der Waals surface area (Å²) < 4.78 is 5.74. The molecule has 0 aromatic carbocycles. The van der Waals surface area contributed by atoms with Crippen molar-refractivity contribution in [1.29, 1.82) is 0 Å². The highest BCUT2D eigenvalue weighted by Gasteiger charge is 2.32. The van der Waals surface area contributed by atoms with E-state index in [0.29, 0.717) is 26.2 Å². The number of aromatic nitrogens is 1. The Balaban J connectivity index is 1.88. The zero-order valence-electron chi connectivity index (χ0n) is 12.5. The lowest BCUT2D eigenvalue weighted by atomic mass is 10.0. The lowest BCUT2D eigenvalue weighted by Gasteiger charge is -2.39. The summed E-state index contributed by atoms with van der Waals surface area (Å²) in [7, 11) is 0. The summed E-state index contributed by atoms with van der Waals surface area (Å²) >= 11 is 0. The summed E-state index contributed by atoms with van der Waals surface area (Å²) in [4.78, 5) is 18.4. The van der Waals surface area contributed by atoms with Crippen LogP contribution in [0.25, 0.3) is 0 Å². The lowest BCUT2D eigenvalue weighted by Crippen LogP contribution is -2.54. The van der Waals surface area contributed by atoms with Gasteiger partial charge in [-0.15, -0.1) is 0 Å². The molecule has 0 unspecified atom stereocenters. The molecule has 1 saturated heterocycles. The second-order valence-electron chi connectivity index (χ2n) is 5.50. The number of nitrogens with one attached hydrogen (secondary N) is 1. The SMILES string of the molecule is CC[C@@]1(C)CN(C(=O)NCc2cccc(C)n2)CCO1. The Hall–Kier alpha value is -1.62. The maximum Gasteiger partial charge on any atom is 0.317 e. The van der Waals surface area contributed by atoms with E-state index in [1.54, 1.807) is 0 Å². The fourth-order valence-corrected chi connectivity index (χ4v) is 2.29. The third-order valence-corrected chi connectivity index (χ3v) is 3.74. The van der Waals surface area contributed by atoms with Crippen molar-refractivity contribution in [2.24, 2.45) is 0 Å². The molecule has 1 aliphatic heterocycles. The van der Waals surface area contributed by atoms with Gasteiger partial charge in [-0.1, -0.05) is 13.0 Å². The molecule has 110 valence electrons. The van der Waals surface area contributed by atoms with Gasteiger partial charge in [-0.3, -0.25) is 4.98 Å². The number of carbonyl (C=O) groups excluding carboxylic acids is 1. The Morgan fingerprint density at radius 3 is 3.05 bits per heavy atom. The van der Waals surface area contributed by atoms with Crippen LogP contribution < -0.4 is 5.32 Å². The second kappa shape index (κ2) is 6.22. The molecule has 1 N–H and O–H groups in total. The number of carbonyl (C=O) groups is 1. The molecule has 1 atom stereocenters. The van der Waals surface area contributed by atoms with Crippen LogP contribution in [-0.2, 0) is 11.3 Å². The van der Waals surface area contributed by atoms with Crippen molar-refractivity contribution in [2.45, 2.75) is 39.3 Å². The van der Waals surface area contributed by atoms with E-state index in [2.05, 4.69) is 24.1 Å². The van der Waals surface area contributed by atoms with Crippen LogP contribution >= 0.6 is 0 Å². The van der Waals surface area contributed by atoms with Crippen molar-refractivity contribution in [3.8, 4) is 0 Å². The van der Waals surface area contributed by atoms with Crippen LogP contribution in [0.1, 0.15) is 31.7 Å². The van der Waals surface area contributed by atoms with Crippen molar-refractivity contribution >= 4 is 6.03 Å². The number of ether oxygens (including phenoxy) is 1. The van der Waals surface area contributed by atoms with Gasteiger partial charge in [0.25, 0.3) is 0 Å². The van der Waals surface area contributed by atoms with Crippen LogP contribution in [0.4, 0.5) is 4.79 Å². The van der Waals surface area contributed by atoms with Crippen LogP contribution in [0, 0.1) is 6.92 Å². The minimum absolute atomic E-state index is 0.0451. The summed E-state index contributed by atoms with van der Waals surface area (Å²) in [5, 5.41) is 2.93. The molecule has 2 rings (SSSR count). The van der Waals surface area contributed by atoms with Gasteiger partial charge >= 0.3 is 6.03 Å². The predicted molar refractivity (Wildman–Crippen MR) is 77.4 cm³/mol. The molecule has 0 spiro atoms. The van der Waals surface area contributed by atoms with E-state index in [0.717, 1.165) is 17.8 Å². The van der Waals surface area contributed by atoms with Crippen molar-refractivity contribution in [3.63, 3.8) is 0 Å². The number of pyridine rings is 1. The first kappa shape index (κ1) is 14.8. The Labute approximate surface area is 120 Å². The highest BCUT2D eigenvalue weighted by atomic mass is 16.5. The third-order valence-electron chi connectivity index (χ3n) is 3.74. The Morgan fingerprint density at radius 1 is 1.55 bits per heavy atom. The molecular weight excluding hydrogens is 254 g/mol. The Morgan fingerprint density at radius 2 is 2.35 bits per heavy atom. The average molecular weight is 277 g/mol. The first-order valence-electron chi connectivity index (χ1n) is 7.12. The van der Waals surface area contributed by atoms with Crippen LogP contribution in [-0.4, -0.2) is 41.2 Å². The highest BCUT2D eigenvalue weighted by molar-refractivity contribution is 5.74. The summed E-state index contributed by atoms with van der Waals surface area (Å²) in [6, 6.07) is 5.77. The summed E-state index contributed by atoms with van der Waals surface area (Å²) in [6.07, 6.45) is 0.899. The van der Waals surface area contributed by atoms with Crippen molar-refractivity contribution in [2.75, 3.05) is 19.7 Å². The molecule has 1 aliphatic rings. The van der Waals surface area contributed by atoms with Crippen LogP contribution in [0.5, 0.6) is 0 Å². The molecule has 5 nitrogen and oxygen atoms in total. The predicted octanol–water partition coefficient (Wildman–Crippen LogP) is 2.10. The molecule has 0 aliphatic carbocycles. The van der Waals surface area contributed by atoms with Gasteiger partial charge < -0.3 is 15.0 Å². The molecule has 0 radical (unpaired) electrons. The van der Waals surface area contributed by atoms with Crippen LogP contribution in [0.3, 0.4) is 0 Å². The number of aryl methyl sites for hydroxylation is 1. The third kappa shape index (κ3) is 3.70. The molecule has 5 heteroatoms. The minimum Gasteiger partial charge on any atom is -0.372 e. The number of amides is 2. The minimum atomic E-state index is -0.225. The molecule has 20 heavy (non-hydrogen) atoms. The van der Waals surface area contributed by atoms with E-state index in [-0.39, 0.29) is 11.6 Å². The lowest BCUT2D eigenvalue weighted by molar-refractivity contribution is -0.0872. The quantitative estimate of drug-likeness (QED) is 0.920. The standard InChI is InChI=1S/C15H23N3O2/c1-4-15(3)11-18(8-9-20-15)14(19)16-10-13-7-5-6-12(2)17-13/h5-7H,4,8-11H2,1-3H3,(H,16,19)/t15-/m0/s1. The van der Waals surface area contributed by atoms with Gasteiger partial charge in [0.1, 0.15) is 0 Å². The summed E-state index contributed by atoms with van der Waals surface area (Å²) in [5.41, 5.74) is 1.61. The monoisotopic (exact) mass is 277 g/mol. The second-order valence-corrected chi connectivity index (χ2v) is 5.50. The first-order valence-corrected chi connectivity index (χ1v) is 7.12. The molecule has 0 saturated carbocycles. The Kier molecular flexibility index (Phi) is 4.60. The molecule has 1 aromatic heterocycles. The van der Waals surface area contributed by atoms with Crippen LogP contribution in [0.15, 0.2) is 18.2 Å². The highest BCUT2D eigenvalue weighted by Crippen LogP contribution is 2.20. The first-order chi connectivity index (χ1) is 9.52. The van der Waals surface area contributed by atoms with Gasteiger partial charge in [0.15, 0.2) is 0 Å². The smallest absolute Gasteiger partial charge is 0.317 e. The van der Waals surface area contributed by atoms with E-state index < -0.39 is 0 Å². The number of morpholine rings is 1. The number of hydrogen-bond donors (Lipinski definition) is 1. The fraction of sp³-hybridized carbons (Fsp3) is 0.600. The van der Waals surface area contributed by atoms with Gasteiger partial charge in [-0.25, -0.2) is 4.79 Å². The van der Waals surface area contributed by atoms with Gasteiger partial charge in [0.05, 0.1) is 31.0 Å². The number of urea groups is 1. The number of nitrogens with zero attached hydrogens (tertiary/aromatic N) is 2. The molecule has 1 fully saturated rings.